The molecule has 0 unspecified atom stereocenters. The fourth-order valence-electron chi connectivity index (χ4n) is 13.8. The zero-order valence-corrected chi connectivity index (χ0v) is 39.6. The summed E-state index contributed by atoms with van der Waals surface area (Å²) in [6.07, 6.45) is 7.62. The third kappa shape index (κ3) is 6.98. The number of fused-ring (bicyclic) bond motifs is 18. The highest BCUT2D eigenvalue weighted by molar-refractivity contribution is 5.98. The summed E-state index contributed by atoms with van der Waals surface area (Å²) < 4.78 is 25.3. The highest BCUT2D eigenvalue weighted by Crippen LogP contribution is 2.70. The predicted octanol–water partition coefficient (Wildman–Crippen LogP) is 13.0. The predicted molar refractivity (Wildman–Crippen MR) is 255 cm³/mol. The summed E-state index contributed by atoms with van der Waals surface area (Å²) in [5, 5.41) is 3.98. The van der Waals surface area contributed by atoms with Gasteiger partial charge in [0.05, 0.1) is 11.1 Å². The van der Waals surface area contributed by atoms with Gasteiger partial charge in [-0.1, -0.05) is 90.8 Å². The molecule has 5 aromatic carbocycles. The number of esters is 4. The monoisotopic (exact) mass is 886 g/mol. The van der Waals surface area contributed by atoms with Gasteiger partial charge in [0.25, 0.3) is 0 Å². The Balaban J connectivity index is 0.957. The van der Waals surface area contributed by atoms with Crippen molar-refractivity contribution in [1.29, 1.82) is 0 Å². The average Bonchev–Trinajstić information content (AvgIpc) is 4.04. The first-order valence-corrected chi connectivity index (χ1v) is 24.8. The molecule has 5 aromatic rings. The highest BCUT2D eigenvalue weighted by atomic mass is 16.6. The van der Waals surface area contributed by atoms with Crippen LogP contribution in [0.4, 0.5) is 0 Å². The molecule has 0 saturated heterocycles. The Kier molecular flexibility index (Phi) is 10.5. The Morgan fingerprint density at radius 3 is 1.15 bits per heavy atom. The van der Waals surface area contributed by atoms with Crippen LogP contribution in [-0.2, 0) is 19.1 Å². The Bertz CT molecular complexity index is 2690. The van der Waals surface area contributed by atoms with Crippen molar-refractivity contribution in [3.8, 4) is 11.5 Å². The van der Waals surface area contributed by atoms with Crippen molar-refractivity contribution in [3.05, 3.63) is 116 Å². The lowest BCUT2D eigenvalue weighted by Gasteiger charge is -2.36. The lowest BCUT2D eigenvalue weighted by Crippen LogP contribution is -2.35. The third-order valence-corrected chi connectivity index (χ3v) is 16.9. The van der Waals surface area contributed by atoms with Gasteiger partial charge in [0.15, 0.2) is 0 Å². The van der Waals surface area contributed by atoms with Crippen molar-refractivity contribution >= 4 is 45.4 Å². The molecule has 0 N–H and O–H groups in total. The van der Waals surface area contributed by atoms with Crippen molar-refractivity contribution in [1.82, 2.24) is 0 Å². The number of hydrogen-bond donors (Lipinski definition) is 0. The van der Waals surface area contributed by atoms with Crippen molar-refractivity contribution in [2.24, 2.45) is 35.5 Å². The van der Waals surface area contributed by atoms with E-state index in [1.807, 2.05) is 36.4 Å². The standard InChI is InChI=1S/C58H62O8/c1-27(2)39-15-9-29(5)17-49(39)65-57(61)35-13-11-33-21-41-43(23-37(33)19-35)47-25-45(41)51-53(47)55(63-31(7)59)52-46-26-48(54(52)56(51)64-32(8)60)44-24-38-20-36(14-12-34(38)22-42(44)46)58(62)66-50-18-30(6)10-16-40(50)28(3)4/h11-14,19-24,27-30,39-40,45-50H,9-10,15-18,25-26H2,1-8H3/t29-,30-,39+,40+,45-,46-,47+,48+,49-,50-/m1/s1. The van der Waals surface area contributed by atoms with E-state index in [0.29, 0.717) is 58.1 Å². The zero-order valence-electron chi connectivity index (χ0n) is 39.6. The highest BCUT2D eigenvalue weighted by Gasteiger charge is 2.54. The molecule has 10 atom stereocenters. The summed E-state index contributed by atoms with van der Waals surface area (Å²) in [6.45, 7) is 16.3. The van der Waals surface area contributed by atoms with E-state index in [2.05, 4.69) is 65.8 Å². The van der Waals surface area contributed by atoms with E-state index >= 15 is 0 Å². The third-order valence-electron chi connectivity index (χ3n) is 16.9. The van der Waals surface area contributed by atoms with E-state index in [9.17, 15) is 19.2 Å². The quantitative estimate of drug-likeness (QED) is 0.112. The molecule has 6 aliphatic carbocycles. The van der Waals surface area contributed by atoms with Gasteiger partial charge < -0.3 is 18.9 Å². The Hall–Kier alpha value is -5.50. The molecule has 0 aromatic heterocycles. The molecule has 8 heteroatoms. The molecule has 342 valence electrons. The summed E-state index contributed by atoms with van der Waals surface area (Å²) in [5.74, 6) is 2.20. The SMILES string of the molecule is CC(=O)Oc1c2c(c(OC(C)=O)c3c1[C@H]1C[C@@H]3c3cc4ccc(C(=O)O[C@@H]5C[C@H](C)CC[C@H]5C(C)C)cc4cc31)[C@H]1C[C@@H]2c2cc3ccc(C(=O)O[C@@H]4C[C@H](C)CC[C@H]4C(C)C)cc3cc21. The number of carbonyl (C=O) groups is 4. The van der Waals surface area contributed by atoms with Gasteiger partial charge in [0.1, 0.15) is 23.7 Å². The second kappa shape index (κ2) is 16.1. The molecule has 0 radical (unpaired) electrons. The van der Waals surface area contributed by atoms with Crippen LogP contribution in [0.5, 0.6) is 11.5 Å². The number of benzene rings is 5. The van der Waals surface area contributed by atoms with Gasteiger partial charge >= 0.3 is 23.9 Å². The average molecular weight is 887 g/mol. The molecule has 0 heterocycles. The van der Waals surface area contributed by atoms with Crippen LogP contribution < -0.4 is 9.47 Å². The van der Waals surface area contributed by atoms with Gasteiger partial charge in [-0.05, 0) is 142 Å². The van der Waals surface area contributed by atoms with Crippen LogP contribution in [-0.4, -0.2) is 36.1 Å². The first-order valence-electron chi connectivity index (χ1n) is 24.8. The van der Waals surface area contributed by atoms with E-state index in [0.717, 1.165) is 93.5 Å². The summed E-state index contributed by atoms with van der Waals surface area (Å²) in [4.78, 5) is 53.8. The van der Waals surface area contributed by atoms with E-state index in [4.69, 9.17) is 18.9 Å². The van der Waals surface area contributed by atoms with Crippen LogP contribution in [0.25, 0.3) is 21.5 Å². The van der Waals surface area contributed by atoms with E-state index < -0.39 is 0 Å². The largest absolute Gasteiger partial charge is 0.458 e. The lowest BCUT2D eigenvalue weighted by atomic mass is 9.75. The van der Waals surface area contributed by atoms with Crippen molar-refractivity contribution in [2.75, 3.05) is 0 Å². The number of carbonyl (C=O) groups excluding carboxylic acids is 4. The molecular formula is C58H62O8. The second-order valence-corrected chi connectivity index (χ2v) is 21.8. The van der Waals surface area contributed by atoms with E-state index in [1.165, 1.54) is 37.8 Å². The molecule has 11 rings (SSSR count). The maximum absolute atomic E-state index is 13.8. The molecule has 0 amide bonds. The molecule has 2 saturated carbocycles. The maximum atomic E-state index is 13.8. The molecule has 4 bridgehead atoms. The minimum Gasteiger partial charge on any atom is -0.458 e. The van der Waals surface area contributed by atoms with Gasteiger partial charge in [-0.25, -0.2) is 9.59 Å². The minimum absolute atomic E-state index is 0.0736. The normalized spacial score (nSPS) is 27.7. The first kappa shape index (κ1) is 43.1. The number of hydrogen-bond acceptors (Lipinski definition) is 8. The molecule has 0 spiro atoms. The van der Waals surface area contributed by atoms with E-state index in [1.54, 1.807) is 0 Å². The molecule has 8 nitrogen and oxygen atoms in total. The smallest absolute Gasteiger partial charge is 0.338 e. The summed E-state index contributed by atoms with van der Waals surface area (Å²) >= 11 is 0. The lowest BCUT2D eigenvalue weighted by molar-refractivity contribution is -0.133. The first-order chi connectivity index (χ1) is 31.6. The Morgan fingerprint density at radius 2 is 0.818 bits per heavy atom. The van der Waals surface area contributed by atoms with Crippen LogP contribution in [0, 0.1) is 35.5 Å². The van der Waals surface area contributed by atoms with Gasteiger partial charge in [0, 0.05) is 59.8 Å². The van der Waals surface area contributed by atoms with Crippen molar-refractivity contribution < 1.29 is 38.1 Å². The molecular weight excluding hydrogens is 825 g/mol. The molecule has 66 heavy (non-hydrogen) atoms. The molecule has 0 aliphatic heterocycles. The van der Waals surface area contributed by atoms with E-state index in [-0.39, 0.29) is 59.8 Å². The van der Waals surface area contributed by atoms with Gasteiger partial charge in [-0.3, -0.25) is 9.59 Å². The van der Waals surface area contributed by atoms with Crippen molar-refractivity contribution in [2.45, 2.75) is 143 Å². The van der Waals surface area contributed by atoms with Crippen molar-refractivity contribution in [3.63, 3.8) is 0 Å². The fourth-order valence-corrected chi connectivity index (χ4v) is 13.8. The van der Waals surface area contributed by atoms with Crippen LogP contribution in [0.1, 0.15) is 196 Å². The molecule has 2 fully saturated rings. The Labute approximate surface area is 388 Å². The summed E-state index contributed by atoms with van der Waals surface area (Å²) in [5.41, 5.74) is 9.49. The zero-order chi connectivity index (χ0) is 46.0. The fraction of sp³-hybridized carbons (Fsp3) is 0.483. The number of ether oxygens (including phenoxy) is 4. The number of rotatable bonds is 8. The maximum Gasteiger partial charge on any atom is 0.338 e. The topological polar surface area (TPSA) is 105 Å². The van der Waals surface area contributed by atoms with Crippen LogP contribution >= 0.6 is 0 Å². The second-order valence-electron chi connectivity index (χ2n) is 21.8. The van der Waals surface area contributed by atoms with Crippen LogP contribution in [0.2, 0.25) is 0 Å². The van der Waals surface area contributed by atoms with Gasteiger partial charge in [-0.2, -0.15) is 0 Å². The summed E-state index contributed by atoms with van der Waals surface area (Å²) in [7, 11) is 0. The van der Waals surface area contributed by atoms with Crippen LogP contribution in [0.3, 0.4) is 0 Å². The molecule has 6 aliphatic rings. The summed E-state index contributed by atoms with van der Waals surface area (Å²) in [6, 6.07) is 20.6. The Morgan fingerprint density at radius 1 is 0.470 bits per heavy atom. The van der Waals surface area contributed by atoms with Gasteiger partial charge in [-0.15, -0.1) is 0 Å². The minimum atomic E-state index is -0.389. The van der Waals surface area contributed by atoms with Gasteiger partial charge in [0.2, 0.25) is 0 Å². The van der Waals surface area contributed by atoms with Crippen LogP contribution in [0.15, 0.2) is 60.7 Å².